The summed E-state index contributed by atoms with van der Waals surface area (Å²) in [6.45, 7) is 7.67. The van der Waals surface area contributed by atoms with Crippen molar-refractivity contribution in [2.45, 2.75) is 32.9 Å². The molecule has 1 saturated heterocycles. The average Bonchev–Trinajstić information content (AvgIpc) is 2.80. The van der Waals surface area contributed by atoms with E-state index in [9.17, 15) is 14.4 Å². The predicted octanol–water partition coefficient (Wildman–Crippen LogP) is 1.13. The molecule has 0 saturated carbocycles. The SMILES string of the molecule is CC1CN(C(=O)C(C(C)C)N2C(=O)c3ccccc3C2=O)CCN1. The zero-order chi connectivity index (χ0) is 17.4. The Morgan fingerprint density at radius 2 is 1.75 bits per heavy atom. The third kappa shape index (κ3) is 2.71. The number of carbonyl (C=O) groups is 3. The average molecular weight is 329 g/mol. The Labute approximate surface area is 141 Å². The van der Waals surface area contributed by atoms with Crippen LogP contribution in [0, 0.1) is 5.92 Å². The zero-order valence-corrected chi connectivity index (χ0v) is 14.3. The maximum absolute atomic E-state index is 13.1. The molecule has 2 heterocycles. The summed E-state index contributed by atoms with van der Waals surface area (Å²) in [6.07, 6.45) is 0. The molecule has 1 N–H and O–H groups in total. The van der Waals surface area contributed by atoms with Crippen LogP contribution in [0.2, 0.25) is 0 Å². The normalized spacial score (nSPS) is 22.1. The Hall–Kier alpha value is -2.21. The van der Waals surface area contributed by atoms with E-state index in [0.29, 0.717) is 24.2 Å². The fourth-order valence-electron chi connectivity index (χ4n) is 3.47. The largest absolute Gasteiger partial charge is 0.338 e. The summed E-state index contributed by atoms with van der Waals surface area (Å²) in [5.74, 6) is -1.03. The zero-order valence-electron chi connectivity index (χ0n) is 14.3. The second kappa shape index (κ2) is 6.36. The summed E-state index contributed by atoms with van der Waals surface area (Å²) in [5.41, 5.74) is 0.768. The van der Waals surface area contributed by atoms with Crippen molar-refractivity contribution in [3.63, 3.8) is 0 Å². The molecule has 0 bridgehead atoms. The van der Waals surface area contributed by atoms with Crippen molar-refractivity contribution in [3.05, 3.63) is 35.4 Å². The predicted molar refractivity (Wildman–Crippen MR) is 89.6 cm³/mol. The van der Waals surface area contributed by atoms with Gasteiger partial charge in [0.25, 0.3) is 11.8 Å². The molecule has 0 aromatic heterocycles. The Balaban J connectivity index is 1.91. The van der Waals surface area contributed by atoms with Crippen LogP contribution >= 0.6 is 0 Å². The molecule has 2 aliphatic heterocycles. The van der Waals surface area contributed by atoms with Gasteiger partial charge >= 0.3 is 0 Å². The first-order valence-corrected chi connectivity index (χ1v) is 8.41. The molecule has 2 aliphatic rings. The number of imide groups is 1. The molecule has 1 aromatic rings. The highest BCUT2D eigenvalue weighted by Gasteiger charge is 2.45. The van der Waals surface area contributed by atoms with Gasteiger partial charge in [-0.05, 0) is 25.0 Å². The molecule has 6 heteroatoms. The number of piperazine rings is 1. The third-order valence-electron chi connectivity index (χ3n) is 4.67. The van der Waals surface area contributed by atoms with E-state index in [1.54, 1.807) is 29.2 Å². The minimum atomic E-state index is -0.761. The van der Waals surface area contributed by atoms with Crippen LogP contribution in [-0.4, -0.2) is 59.2 Å². The van der Waals surface area contributed by atoms with Crippen LogP contribution in [0.5, 0.6) is 0 Å². The number of nitrogens with one attached hydrogen (secondary N) is 1. The number of benzene rings is 1. The lowest BCUT2D eigenvalue weighted by Crippen LogP contribution is -2.58. The van der Waals surface area contributed by atoms with Crippen LogP contribution in [0.25, 0.3) is 0 Å². The first kappa shape index (κ1) is 16.6. The summed E-state index contributed by atoms with van der Waals surface area (Å²) in [4.78, 5) is 41.4. The molecular weight excluding hydrogens is 306 g/mol. The quantitative estimate of drug-likeness (QED) is 0.844. The Morgan fingerprint density at radius 1 is 1.17 bits per heavy atom. The lowest BCUT2D eigenvalue weighted by atomic mass is 10.00. The molecule has 24 heavy (non-hydrogen) atoms. The van der Waals surface area contributed by atoms with E-state index in [0.717, 1.165) is 11.4 Å². The monoisotopic (exact) mass is 329 g/mol. The van der Waals surface area contributed by atoms with E-state index in [1.165, 1.54) is 0 Å². The van der Waals surface area contributed by atoms with Crippen molar-refractivity contribution < 1.29 is 14.4 Å². The van der Waals surface area contributed by atoms with Gasteiger partial charge in [0, 0.05) is 25.7 Å². The van der Waals surface area contributed by atoms with Crippen LogP contribution in [-0.2, 0) is 4.79 Å². The van der Waals surface area contributed by atoms with E-state index in [1.807, 2.05) is 20.8 Å². The Kier molecular flexibility index (Phi) is 4.41. The molecule has 3 amide bonds. The van der Waals surface area contributed by atoms with Crippen LogP contribution in [0.1, 0.15) is 41.5 Å². The molecule has 0 radical (unpaired) electrons. The molecule has 6 nitrogen and oxygen atoms in total. The van der Waals surface area contributed by atoms with E-state index in [2.05, 4.69) is 5.32 Å². The van der Waals surface area contributed by atoms with E-state index in [4.69, 9.17) is 0 Å². The fraction of sp³-hybridized carbons (Fsp3) is 0.500. The van der Waals surface area contributed by atoms with Crippen LogP contribution in [0.3, 0.4) is 0 Å². The van der Waals surface area contributed by atoms with E-state index >= 15 is 0 Å². The Morgan fingerprint density at radius 3 is 2.25 bits per heavy atom. The fourth-order valence-corrected chi connectivity index (χ4v) is 3.47. The number of hydrogen-bond donors (Lipinski definition) is 1. The molecule has 2 atom stereocenters. The van der Waals surface area contributed by atoms with Crippen molar-refractivity contribution in [3.8, 4) is 0 Å². The van der Waals surface area contributed by atoms with E-state index < -0.39 is 6.04 Å². The summed E-state index contributed by atoms with van der Waals surface area (Å²) in [6, 6.07) is 6.20. The first-order chi connectivity index (χ1) is 11.4. The van der Waals surface area contributed by atoms with Gasteiger partial charge in [-0.2, -0.15) is 0 Å². The highest BCUT2D eigenvalue weighted by molar-refractivity contribution is 6.22. The van der Waals surface area contributed by atoms with Crippen molar-refractivity contribution in [1.82, 2.24) is 15.1 Å². The maximum atomic E-state index is 13.1. The molecular formula is C18H23N3O3. The van der Waals surface area contributed by atoms with Gasteiger partial charge in [-0.1, -0.05) is 26.0 Å². The number of carbonyl (C=O) groups excluding carboxylic acids is 3. The van der Waals surface area contributed by atoms with Crippen molar-refractivity contribution >= 4 is 17.7 Å². The molecule has 2 unspecified atom stereocenters. The second-order valence-electron chi connectivity index (χ2n) is 6.85. The molecule has 128 valence electrons. The second-order valence-corrected chi connectivity index (χ2v) is 6.85. The summed E-state index contributed by atoms with van der Waals surface area (Å²) in [5, 5.41) is 3.29. The molecule has 1 fully saturated rings. The number of amides is 3. The van der Waals surface area contributed by atoms with Gasteiger partial charge in [0.2, 0.25) is 5.91 Å². The van der Waals surface area contributed by atoms with Gasteiger partial charge in [0.05, 0.1) is 11.1 Å². The van der Waals surface area contributed by atoms with Gasteiger partial charge in [-0.25, -0.2) is 0 Å². The van der Waals surface area contributed by atoms with Gasteiger partial charge in [0.1, 0.15) is 6.04 Å². The van der Waals surface area contributed by atoms with Gasteiger partial charge in [0.15, 0.2) is 0 Å². The minimum Gasteiger partial charge on any atom is -0.338 e. The summed E-state index contributed by atoms with van der Waals surface area (Å²) >= 11 is 0. The smallest absolute Gasteiger partial charge is 0.262 e. The molecule has 3 rings (SSSR count). The van der Waals surface area contributed by atoms with Crippen LogP contribution in [0.15, 0.2) is 24.3 Å². The van der Waals surface area contributed by atoms with Crippen LogP contribution in [0.4, 0.5) is 0 Å². The summed E-state index contributed by atoms with van der Waals surface area (Å²) < 4.78 is 0. The van der Waals surface area contributed by atoms with Gasteiger partial charge < -0.3 is 10.2 Å². The Bertz CT molecular complexity index is 651. The van der Waals surface area contributed by atoms with Crippen LogP contribution < -0.4 is 5.32 Å². The molecule has 0 aliphatic carbocycles. The standard InChI is InChI=1S/C18H23N3O3/c1-11(2)15(18(24)20-9-8-19-12(3)10-20)21-16(22)13-6-4-5-7-14(13)17(21)23/h4-7,11-12,15,19H,8-10H2,1-3H3. The highest BCUT2D eigenvalue weighted by atomic mass is 16.2. The maximum Gasteiger partial charge on any atom is 0.262 e. The topological polar surface area (TPSA) is 69.7 Å². The number of nitrogens with zero attached hydrogens (tertiary/aromatic N) is 2. The third-order valence-corrected chi connectivity index (χ3v) is 4.67. The summed E-state index contributed by atoms with van der Waals surface area (Å²) in [7, 11) is 0. The minimum absolute atomic E-state index is 0.146. The molecule has 0 spiro atoms. The number of fused-ring (bicyclic) bond motifs is 1. The van der Waals surface area contributed by atoms with Gasteiger partial charge in [-0.3, -0.25) is 19.3 Å². The van der Waals surface area contributed by atoms with Crippen molar-refractivity contribution in [1.29, 1.82) is 0 Å². The number of hydrogen-bond acceptors (Lipinski definition) is 4. The lowest BCUT2D eigenvalue weighted by molar-refractivity contribution is -0.138. The van der Waals surface area contributed by atoms with Crippen molar-refractivity contribution in [2.24, 2.45) is 5.92 Å². The van der Waals surface area contributed by atoms with Crippen molar-refractivity contribution in [2.75, 3.05) is 19.6 Å². The highest BCUT2D eigenvalue weighted by Crippen LogP contribution is 2.28. The van der Waals surface area contributed by atoms with Gasteiger partial charge in [-0.15, -0.1) is 0 Å². The van der Waals surface area contributed by atoms with E-state index in [-0.39, 0.29) is 29.7 Å². The lowest BCUT2D eigenvalue weighted by Gasteiger charge is -2.37. The number of rotatable bonds is 3. The molecule has 1 aromatic carbocycles. The first-order valence-electron chi connectivity index (χ1n) is 8.41.